The third kappa shape index (κ3) is 4.63. The molecule has 2 aromatic carbocycles. The number of carbonyl (C=O) groups excluding carboxylic acids is 1. The fraction of sp³-hybridized carbons (Fsp3) is 0.379. The van der Waals surface area contributed by atoms with Crippen molar-refractivity contribution in [3.8, 4) is 5.75 Å². The van der Waals surface area contributed by atoms with E-state index < -0.39 is 5.97 Å². The summed E-state index contributed by atoms with van der Waals surface area (Å²) in [6, 6.07) is 7.59. The van der Waals surface area contributed by atoms with Gasteiger partial charge >= 0.3 is 5.97 Å². The van der Waals surface area contributed by atoms with E-state index in [2.05, 4.69) is 21.7 Å². The number of phenols is 1. The number of likely N-dealkylation sites (N-methyl/N-ethyl adjacent to an activating group) is 1. The summed E-state index contributed by atoms with van der Waals surface area (Å²) >= 11 is 0. The minimum absolute atomic E-state index is 0.129. The average molecular weight is 490 g/mol. The number of aryl methyl sites for hydroxylation is 1. The van der Waals surface area contributed by atoms with E-state index in [1.54, 1.807) is 26.3 Å². The number of ether oxygens (including phenoxy) is 1. The number of furan rings is 1. The molecule has 36 heavy (non-hydrogen) atoms. The van der Waals surface area contributed by atoms with E-state index in [9.17, 15) is 9.90 Å². The van der Waals surface area contributed by atoms with Crippen molar-refractivity contribution in [2.24, 2.45) is 4.99 Å². The fourth-order valence-electron chi connectivity index (χ4n) is 5.01. The minimum Gasteiger partial charge on any atom is -0.507 e. The first-order valence-corrected chi connectivity index (χ1v) is 12.6. The topological polar surface area (TPSA) is 78.5 Å². The van der Waals surface area contributed by atoms with Crippen molar-refractivity contribution in [3.63, 3.8) is 0 Å². The zero-order chi connectivity index (χ0) is 25.8. The molecule has 1 aliphatic rings. The van der Waals surface area contributed by atoms with Crippen molar-refractivity contribution in [2.45, 2.75) is 34.6 Å². The number of piperazine rings is 1. The molecule has 0 radical (unpaired) electrons. The summed E-state index contributed by atoms with van der Waals surface area (Å²) < 4.78 is 11.6. The molecule has 1 aromatic heterocycles. The number of rotatable bonds is 7. The molecule has 7 heteroatoms. The van der Waals surface area contributed by atoms with Crippen LogP contribution in [-0.4, -0.2) is 66.4 Å². The molecule has 0 amide bonds. The van der Waals surface area contributed by atoms with Crippen LogP contribution in [-0.2, 0) is 4.74 Å². The monoisotopic (exact) mass is 489 g/mol. The predicted molar refractivity (Wildman–Crippen MR) is 146 cm³/mol. The number of allylic oxidation sites excluding steroid dienone is 2. The first-order chi connectivity index (χ1) is 17.4. The fourth-order valence-corrected chi connectivity index (χ4v) is 5.01. The molecule has 2 heterocycles. The molecule has 1 fully saturated rings. The Balaban J connectivity index is 2.09. The van der Waals surface area contributed by atoms with Crippen molar-refractivity contribution in [1.82, 2.24) is 9.80 Å². The summed E-state index contributed by atoms with van der Waals surface area (Å²) in [5.74, 6) is 0.145. The van der Waals surface area contributed by atoms with Crippen LogP contribution in [0.1, 0.15) is 49.4 Å². The van der Waals surface area contributed by atoms with Gasteiger partial charge in [-0.25, -0.2) is 4.79 Å². The van der Waals surface area contributed by atoms with Crippen LogP contribution < -0.4 is 0 Å². The summed E-state index contributed by atoms with van der Waals surface area (Å²) in [7, 11) is 0. The largest absolute Gasteiger partial charge is 0.507 e. The molecule has 7 nitrogen and oxygen atoms in total. The van der Waals surface area contributed by atoms with Gasteiger partial charge in [0, 0.05) is 54.8 Å². The van der Waals surface area contributed by atoms with Crippen LogP contribution in [0.5, 0.6) is 5.75 Å². The SMILES string of the molecule is CC=N/C=C\C(C)=C(\c1c(O)c2ccccc2c2oc(C)c(C(=O)OCC)c12)N1CCN(CC)CC1. The van der Waals surface area contributed by atoms with E-state index in [0.29, 0.717) is 33.2 Å². The molecule has 1 saturated heterocycles. The molecule has 1 aliphatic heterocycles. The molecule has 0 bridgehead atoms. The third-order valence-corrected chi connectivity index (χ3v) is 6.78. The van der Waals surface area contributed by atoms with E-state index in [-0.39, 0.29) is 12.4 Å². The summed E-state index contributed by atoms with van der Waals surface area (Å²) in [5, 5.41) is 13.8. The highest BCUT2D eigenvalue weighted by atomic mass is 16.5. The molecule has 0 atom stereocenters. The number of hydrogen-bond acceptors (Lipinski definition) is 7. The Morgan fingerprint density at radius 3 is 2.47 bits per heavy atom. The maximum atomic E-state index is 13.2. The van der Waals surface area contributed by atoms with Crippen molar-refractivity contribution in [2.75, 3.05) is 39.3 Å². The minimum atomic E-state index is -0.455. The zero-order valence-electron chi connectivity index (χ0n) is 21.8. The Morgan fingerprint density at radius 2 is 1.83 bits per heavy atom. The number of esters is 1. The zero-order valence-corrected chi connectivity index (χ0v) is 21.8. The van der Waals surface area contributed by atoms with E-state index in [1.807, 2.05) is 44.2 Å². The lowest BCUT2D eigenvalue weighted by atomic mass is 9.93. The summed E-state index contributed by atoms with van der Waals surface area (Å²) in [6.07, 6.45) is 5.42. The van der Waals surface area contributed by atoms with Crippen molar-refractivity contribution in [1.29, 1.82) is 0 Å². The molecule has 1 N–H and O–H groups in total. The van der Waals surface area contributed by atoms with Crippen molar-refractivity contribution < 1.29 is 19.1 Å². The van der Waals surface area contributed by atoms with Gasteiger partial charge in [-0.1, -0.05) is 31.2 Å². The van der Waals surface area contributed by atoms with Gasteiger partial charge < -0.3 is 24.1 Å². The van der Waals surface area contributed by atoms with Crippen LogP contribution in [0.4, 0.5) is 0 Å². The molecule has 0 unspecified atom stereocenters. The van der Waals surface area contributed by atoms with Crippen LogP contribution in [0.2, 0.25) is 0 Å². The summed E-state index contributed by atoms with van der Waals surface area (Å²) in [6.45, 7) is 14.3. The van der Waals surface area contributed by atoms with Gasteiger partial charge in [-0.15, -0.1) is 0 Å². The highest BCUT2D eigenvalue weighted by Crippen LogP contribution is 2.46. The Bertz CT molecular complexity index is 1360. The lowest BCUT2D eigenvalue weighted by Crippen LogP contribution is -2.45. The molecule has 190 valence electrons. The molecular weight excluding hydrogens is 454 g/mol. The number of nitrogens with zero attached hydrogens (tertiary/aromatic N) is 3. The number of carbonyl (C=O) groups is 1. The van der Waals surface area contributed by atoms with Gasteiger partial charge in [0.25, 0.3) is 0 Å². The van der Waals surface area contributed by atoms with Gasteiger partial charge in [-0.05, 0) is 45.9 Å². The Labute approximate surface area is 212 Å². The molecule has 3 aromatic rings. The van der Waals surface area contributed by atoms with Crippen LogP contribution in [0.3, 0.4) is 0 Å². The quantitative estimate of drug-likeness (QED) is 0.259. The van der Waals surface area contributed by atoms with Gasteiger partial charge in [0.2, 0.25) is 0 Å². The molecule has 0 saturated carbocycles. The van der Waals surface area contributed by atoms with Crippen LogP contribution in [0, 0.1) is 6.92 Å². The van der Waals surface area contributed by atoms with E-state index in [4.69, 9.17) is 9.15 Å². The number of phenolic OH excluding ortho intramolecular Hbond substituents is 1. The number of aromatic hydroxyl groups is 1. The predicted octanol–water partition coefficient (Wildman–Crippen LogP) is 5.75. The highest BCUT2D eigenvalue weighted by molar-refractivity contribution is 6.19. The van der Waals surface area contributed by atoms with Crippen LogP contribution in [0.15, 0.2) is 51.5 Å². The van der Waals surface area contributed by atoms with Gasteiger partial charge in [-0.2, -0.15) is 0 Å². The number of fused-ring (bicyclic) bond motifs is 3. The van der Waals surface area contributed by atoms with Gasteiger partial charge in [0.15, 0.2) is 0 Å². The molecule has 0 spiro atoms. The number of benzene rings is 2. The highest BCUT2D eigenvalue weighted by Gasteiger charge is 2.31. The van der Waals surface area contributed by atoms with Crippen LogP contribution >= 0.6 is 0 Å². The van der Waals surface area contributed by atoms with Gasteiger partial charge in [-0.3, -0.25) is 4.99 Å². The molecule has 0 aliphatic carbocycles. The first kappa shape index (κ1) is 25.5. The first-order valence-electron chi connectivity index (χ1n) is 12.6. The number of hydrogen-bond donors (Lipinski definition) is 1. The second-order valence-electron chi connectivity index (χ2n) is 8.90. The Morgan fingerprint density at radius 1 is 1.14 bits per heavy atom. The maximum Gasteiger partial charge on any atom is 0.342 e. The average Bonchev–Trinajstić information content (AvgIpc) is 3.23. The lowest BCUT2D eigenvalue weighted by Gasteiger charge is -2.38. The standard InChI is InChI=1S/C29H35N3O4/c1-6-30-14-13-19(4)26(32-17-15-31(7-2)16-18-32)25-24-23(29(34)35-8-3)20(5)36-28(24)22-12-10-9-11-21(22)27(25)33/h6,9-14,33H,7-8,15-18H2,1-5H3/b14-13-,26-19-,30-6?. The molecular formula is C29H35N3O4. The van der Waals surface area contributed by atoms with Crippen LogP contribution in [0.25, 0.3) is 27.4 Å². The van der Waals surface area contributed by atoms with E-state index in [0.717, 1.165) is 49.4 Å². The second-order valence-corrected chi connectivity index (χ2v) is 8.90. The summed E-state index contributed by atoms with van der Waals surface area (Å²) in [4.78, 5) is 22.1. The Hall–Kier alpha value is -3.58. The molecule has 4 rings (SSSR count). The van der Waals surface area contributed by atoms with Crippen molar-refractivity contribution >= 4 is 39.6 Å². The normalized spacial score (nSPS) is 16.0. The summed E-state index contributed by atoms with van der Waals surface area (Å²) in [5.41, 5.74) is 3.33. The Kier molecular flexibility index (Phi) is 7.79. The van der Waals surface area contributed by atoms with E-state index in [1.165, 1.54) is 0 Å². The number of aliphatic imine (C=N–C) groups is 1. The van der Waals surface area contributed by atoms with E-state index >= 15 is 0 Å². The smallest absolute Gasteiger partial charge is 0.342 e. The van der Waals surface area contributed by atoms with Gasteiger partial charge in [0.05, 0.1) is 17.9 Å². The second kappa shape index (κ2) is 11.0. The maximum absolute atomic E-state index is 13.2. The van der Waals surface area contributed by atoms with Gasteiger partial charge in [0.1, 0.15) is 22.7 Å². The van der Waals surface area contributed by atoms with Crippen molar-refractivity contribution in [3.05, 3.63) is 59.0 Å². The lowest BCUT2D eigenvalue weighted by molar-refractivity contribution is 0.0526. The third-order valence-electron chi connectivity index (χ3n) is 6.78.